The number of fused-ring (bicyclic) bond motifs is 1. The zero-order valence-corrected chi connectivity index (χ0v) is 15.9. The number of benzene rings is 2. The second-order valence-electron chi connectivity index (χ2n) is 6.61. The van der Waals surface area contributed by atoms with Crippen LogP contribution in [0.5, 0.6) is 11.5 Å². The molecule has 0 aromatic heterocycles. The Balaban J connectivity index is 1.72. The fourth-order valence-corrected chi connectivity index (χ4v) is 3.20. The van der Waals surface area contributed by atoms with Crippen LogP contribution in [0.15, 0.2) is 58.6 Å². The summed E-state index contributed by atoms with van der Waals surface area (Å²) in [4.78, 5) is 4.36. The maximum Gasteiger partial charge on any atom is 0.231 e. The van der Waals surface area contributed by atoms with Crippen molar-refractivity contribution in [2.75, 3.05) is 19.9 Å². The van der Waals surface area contributed by atoms with Crippen molar-refractivity contribution >= 4 is 23.3 Å². The molecule has 0 spiro atoms. The van der Waals surface area contributed by atoms with Crippen molar-refractivity contribution in [1.29, 1.82) is 0 Å². The van der Waals surface area contributed by atoms with Crippen LogP contribution in [0.4, 0.5) is 0 Å². The van der Waals surface area contributed by atoms with E-state index in [0.717, 1.165) is 65.8 Å². The molecule has 0 aliphatic carbocycles. The largest absolute Gasteiger partial charge is 0.454 e. The number of aliphatic imine (C=N–C) groups is 1. The van der Waals surface area contributed by atoms with Crippen molar-refractivity contribution in [3.63, 3.8) is 0 Å². The van der Waals surface area contributed by atoms with E-state index >= 15 is 0 Å². The Bertz CT molecular complexity index is 919. The van der Waals surface area contributed by atoms with E-state index in [9.17, 15) is 0 Å². The molecule has 0 amide bonds. The first-order valence-electron chi connectivity index (χ1n) is 9.61. The van der Waals surface area contributed by atoms with Gasteiger partial charge in [-0.25, -0.2) is 10.4 Å². The molecule has 2 aromatic rings. The average molecular weight is 376 g/mol. The quantitative estimate of drug-likeness (QED) is 0.459. The molecule has 0 saturated carbocycles. The Kier molecular flexibility index (Phi) is 5.56. The Morgan fingerprint density at radius 1 is 1.18 bits per heavy atom. The van der Waals surface area contributed by atoms with Gasteiger partial charge in [-0.2, -0.15) is 5.10 Å². The van der Waals surface area contributed by atoms with Crippen LogP contribution >= 0.6 is 0 Å². The van der Waals surface area contributed by atoms with Crippen LogP contribution in [0.2, 0.25) is 0 Å². The van der Waals surface area contributed by atoms with E-state index in [0.29, 0.717) is 0 Å². The molecule has 144 valence electrons. The molecule has 0 unspecified atom stereocenters. The molecule has 28 heavy (non-hydrogen) atoms. The van der Waals surface area contributed by atoms with Gasteiger partial charge in [0.1, 0.15) is 0 Å². The van der Waals surface area contributed by atoms with Crippen LogP contribution in [0.3, 0.4) is 0 Å². The van der Waals surface area contributed by atoms with Crippen molar-refractivity contribution in [2.24, 2.45) is 10.1 Å². The minimum Gasteiger partial charge on any atom is -0.454 e. The van der Waals surface area contributed by atoms with Crippen LogP contribution in [0.25, 0.3) is 11.6 Å². The number of allylic oxidation sites excluding steroid dienone is 1. The van der Waals surface area contributed by atoms with Gasteiger partial charge in [0.25, 0.3) is 0 Å². The van der Waals surface area contributed by atoms with Gasteiger partial charge in [-0.15, -0.1) is 0 Å². The molecule has 0 fully saturated rings. The summed E-state index contributed by atoms with van der Waals surface area (Å²) in [6, 6.07) is 16.3. The molecule has 0 bridgehead atoms. The first-order chi connectivity index (χ1) is 13.8. The van der Waals surface area contributed by atoms with Gasteiger partial charge in [-0.05, 0) is 35.8 Å². The lowest BCUT2D eigenvalue weighted by Gasteiger charge is -2.13. The van der Waals surface area contributed by atoms with Gasteiger partial charge >= 0.3 is 0 Å². The molecule has 0 saturated heterocycles. The second-order valence-corrected chi connectivity index (χ2v) is 6.61. The van der Waals surface area contributed by atoms with E-state index in [1.807, 2.05) is 36.4 Å². The lowest BCUT2D eigenvalue weighted by Crippen LogP contribution is -2.31. The summed E-state index contributed by atoms with van der Waals surface area (Å²) in [5.41, 5.74) is 7.32. The van der Waals surface area contributed by atoms with Gasteiger partial charge < -0.3 is 14.8 Å². The van der Waals surface area contributed by atoms with E-state index in [4.69, 9.17) is 9.47 Å². The molecule has 0 atom stereocenters. The number of ether oxygens (including phenoxy) is 2. The van der Waals surface area contributed by atoms with Gasteiger partial charge in [-0.3, -0.25) is 0 Å². The zero-order chi connectivity index (χ0) is 19.2. The summed E-state index contributed by atoms with van der Waals surface area (Å²) < 4.78 is 11.0. The molecule has 2 heterocycles. The van der Waals surface area contributed by atoms with Crippen LogP contribution < -0.4 is 20.2 Å². The fourth-order valence-electron chi connectivity index (χ4n) is 3.20. The first-order valence-corrected chi connectivity index (χ1v) is 9.61. The van der Waals surface area contributed by atoms with Crippen molar-refractivity contribution in [3.8, 4) is 11.5 Å². The highest BCUT2D eigenvalue weighted by Crippen LogP contribution is 2.34. The van der Waals surface area contributed by atoms with E-state index < -0.39 is 0 Å². The summed E-state index contributed by atoms with van der Waals surface area (Å²) in [6.07, 6.45) is 3.99. The van der Waals surface area contributed by atoms with Crippen LogP contribution in [-0.4, -0.2) is 31.6 Å². The molecule has 6 heteroatoms. The standard InChI is InChI=1S/C22H24N4O2/c1-2-6-19(25-26-22-23-11-12-24-22)18(17-7-4-3-5-8-17)13-16-9-10-20-21(14-16)28-15-27-20/h3-5,7-10,13-14H,2,6,11-12,15H2,1H3,(H2,23,24,26)/b18-13-,25-19+. The molecule has 4 rings (SSSR count). The van der Waals surface area contributed by atoms with Crippen molar-refractivity contribution < 1.29 is 9.47 Å². The SMILES string of the molecule is CCCC(=N\NC1=NCCN1)/C(=C\c1ccc2c(c1)OCO2)c1ccccc1. The predicted molar refractivity (Wildman–Crippen MR) is 113 cm³/mol. The normalized spacial score (nSPS) is 16.0. The predicted octanol–water partition coefficient (Wildman–Crippen LogP) is 3.66. The second kappa shape index (κ2) is 8.61. The van der Waals surface area contributed by atoms with Crippen LogP contribution in [0, 0.1) is 0 Å². The van der Waals surface area contributed by atoms with Gasteiger partial charge in [0, 0.05) is 12.1 Å². The number of hydrazone groups is 1. The zero-order valence-electron chi connectivity index (χ0n) is 15.9. The highest BCUT2D eigenvalue weighted by atomic mass is 16.7. The third-order valence-electron chi connectivity index (χ3n) is 4.56. The van der Waals surface area contributed by atoms with Crippen LogP contribution in [0.1, 0.15) is 30.9 Å². The average Bonchev–Trinajstić information content (AvgIpc) is 3.41. The Morgan fingerprint density at radius 2 is 2.04 bits per heavy atom. The molecule has 2 aromatic carbocycles. The lowest BCUT2D eigenvalue weighted by molar-refractivity contribution is 0.174. The van der Waals surface area contributed by atoms with Crippen LogP contribution in [-0.2, 0) is 0 Å². The Hall–Kier alpha value is -3.28. The smallest absolute Gasteiger partial charge is 0.231 e. The van der Waals surface area contributed by atoms with Crippen molar-refractivity contribution in [3.05, 3.63) is 59.7 Å². The summed E-state index contributed by atoms with van der Waals surface area (Å²) in [5, 5.41) is 7.88. The van der Waals surface area contributed by atoms with Crippen molar-refractivity contribution in [2.45, 2.75) is 19.8 Å². The number of nitrogens with zero attached hydrogens (tertiary/aromatic N) is 2. The number of guanidine groups is 1. The lowest BCUT2D eigenvalue weighted by atomic mass is 9.96. The molecular weight excluding hydrogens is 352 g/mol. The third-order valence-corrected chi connectivity index (χ3v) is 4.56. The molecule has 6 nitrogen and oxygen atoms in total. The molecule has 2 aliphatic rings. The fraction of sp³-hybridized carbons (Fsp3) is 0.273. The van der Waals surface area contributed by atoms with Gasteiger partial charge in [0.2, 0.25) is 12.8 Å². The van der Waals surface area contributed by atoms with E-state index in [1.165, 1.54) is 0 Å². The summed E-state index contributed by atoms with van der Waals surface area (Å²) >= 11 is 0. The number of rotatable bonds is 6. The summed E-state index contributed by atoms with van der Waals surface area (Å²) in [6.45, 7) is 4.05. The number of nitrogens with one attached hydrogen (secondary N) is 2. The first kappa shape index (κ1) is 18.1. The summed E-state index contributed by atoms with van der Waals surface area (Å²) in [7, 11) is 0. The topological polar surface area (TPSA) is 67.2 Å². The minimum atomic E-state index is 0.273. The van der Waals surface area contributed by atoms with Crippen molar-refractivity contribution in [1.82, 2.24) is 10.7 Å². The monoisotopic (exact) mass is 376 g/mol. The van der Waals surface area contributed by atoms with E-state index in [2.05, 4.69) is 46.0 Å². The van der Waals surface area contributed by atoms with Gasteiger partial charge in [0.05, 0.1) is 12.3 Å². The molecule has 0 radical (unpaired) electrons. The number of hydrogen-bond donors (Lipinski definition) is 2. The van der Waals surface area contributed by atoms with E-state index in [-0.39, 0.29) is 6.79 Å². The maximum atomic E-state index is 5.53. The van der Waals surface area contributed by atoms with Gasteiger partial charge in [0.15, 0.2) is 11.5 Å². The Labute approximate surface area is 165 Å². The molecular formula is C22H24N4O2. The molecule has 2 aliphatic heterocycles. The number of hydrogen-bond acceptors (Lipinski definition) is 6. The Morgan fingerprint density at radius 3 is 2.82 bits per heavy atom. The highest BCUT2D eigenvalue weighted by Gasteiger charge is 2.15. The maximum absolute atomic E-state index is 5.53. The van der Waals surface area contributed by atoms with E-state index in [1.54, 1.807) is 0 Å². The third kappa shape index (κ3) is 4.17. The summed E-state index contributed by atoms with van der Waals surface area (Å²) in [5.74, 6) is 2.29. The molecule has 2 N–H and O–H groups in total. The highest BCUT2D eigenvalue weighted by molar-refractivity contribution is 6.28. The minimum absolute atomic E-state index is 0.273. The van der Waals surface area contributed by atoms with Gasteiger partial charge in [-0.1, -0.05) is 49.7 Å².